The van der Waals surface area contributed by atoms with Crippen molar-refractivity contribution in [3.05, 3.63) is 62.4 Å². The van der Waals surface area contributed by atoms with Crippen molar-refractivity contribution in [2.45, 2.75) is 33.2 Å². The number of benzene rings is 1. The maximum Gasteiger partial charge on any atom is 0.328 e. The third-order valence-electron chi connectivity index (χ3n) is 3.75. The van der Waals surface area contributed by atoms with Crippen LogP contribution in [-0.4, -0.2) is 28.0 Å². The molecule has 1 aromatic heterocycles. The molecule has 0 unspecified atom stereocenters. The molecule has 0 aliphatic rings. The van der Waals surface area contributed by atoms with Gasteiger partial charge in [0.1, 0.15) is 6.54 Å². The van der Waals surface area contributed by atoms with E-state index in [2.05, 4.69) is 5.32 Å². The Morgan fingerprint density at radius 1 is 1.23 bits per heavy atom. The Morgan fingerprint density at radius 2 is 1.96 bits per heavy atom. The lowest BCUT2D eigenvalue weighted by Gasteiger charge is -2.16. The van der Waals surface area contributed by atoms with Gasteiger partial charge in [0, 0.05) is 18.0 Å². The van der Waals surface area contributed by atoms with Crippen molar-refractivity contribution in [3.63, 3.8) is 0 Å². The lowest BCUT2D eigenvalue weighted by molar-refractivity contribution is -0.148. The highest BCUT2D eigenvalue weighted by Gasteiger charge is 2.14. The number of esters is 1. The molecule has 1 amide bonds. The number of carbonyl (C=O) groups is 2. The number of aryl methyl sites for hydroxylation is 1. The van der Waals surface area contributed by atoms with Gasteiger partial charge in [-0.25, -0.2) is 4.79 Å². The fourth-order valence-corrected chi connectivity index (χ4v) is 2.42. The van der Waals surface area contributed by atoms with Crippen LogP contribution >= 0.6 is 0 Å². The fourth-order valence-electron chi connectivity index (χ4n) is 2.42. The Kier molecular flexibility index (Phi) is 6.11. The van der Waals surface area contributed by atoms with E-state index in [0.717, 1.165) is 21.8 Å². The van der Waals surface area contributed by atoms with Gasteiger partial charge in [0.2, 0.25) is 0 Å². The van der Waals surface area contributed by atoms with Crippen LogP contribution in [0.2, 0.25) is 0 Å². The molecule has 8 nitrogen and oxygen atoms in total. The van der Waals surface area contributed by atoms with Crippen molar-refractivity contribution in [2.24, 2.45) is 0 Å². The van der Waals surface area contributed by atoms with Gasteiger partial charge < -0.3 is 10.1 Å². The van der Waals surface area contributed by atoms with E-state index in [0.29, 0.717) is 5.69 Å². The quantitative estimate of drug-likeness (QED) is 0.752. The minimum absolute atomic E-state index is 0.222. The first-order valence-electron chi connectivity index (χ1n) is 8.12. The first-order chi connectivity index (χ1) is 12.3. The number of anilines is 1. The number of rotatable bonds is 6. The number of nitrogens with zero attached hydrogens (tertiary/aromatic N) is 1. The monoisotopic (exact) mass is 359 g/mol. The summed E-state index contributed by atoms with van der Waals surface area (Å²) in [5, 5.41) is 2.77. The zero-order valence-electron chi connectivity index (χ0n) is 14.9. The van der Waals surface area contributed by atoms with E-state index in [-0.39, 0.29) is 5.92 Å². The number of aromatic amines is 1. The molecule has 0 fully saturated rings. The number of para-hydroxylation sites is 1. The van der Waals surface area contributed by atoms with Crippen LogP contribution in [0.15, 0.2) is 40.1 Å². The highest BCUT2D eigenvalue weighted by atomic mass is 16.5. The summed E-state index contributed by atoms with van der Waals surface area (Å²) in [5.41, 5.74) is 1.33. The third kappa shape index (κ3) is 4.92. The van der Waals surface area contributed by atoms with E-state index < -0.39 is 36.3 Å². The molecule has 0 saturated heterocycles. The summed E-state index contributed by atoms with van der Waals surface area (Å²) in [5.74, 6) is -1.01. The minimum atomic E-state index is -0.761. The molecule has 0 bridgehead atoms. The maximum atomic E-state index is 12.1. The van der Waals surface area contributed by atoms with Crippen molar-refractivity contribution in [2.75, 3.05) is 11.9 Å². The number of amides is 1. The topological polar surface area (TPSA) is 110 Å². The highest BCUT2D eigenvalue weighted by molar-refractivity contribution is 5.94. The van der Waals surface area contributed by atoms with Crippen molar-refractivity contribution in [1.29, 1.82) is 0 Å². The fraction of sp³-hybridized carbons (Fsp3) is 0.333. The summed E-state index contributed by atoms with van der Waals surface area (Å²) in [4.78, 5) is 48.4. The van der Waals surface area contributed by atoms with E-state index in [1.807, 2.05) is 44.0 Å². The van der Waals surface area contributed by atoms with Gasteiger partial charge in [-0.3, -0.25) is 23.9 Å². The zero-order valence-corrected chi connectivity index (χ0v) is 14.9. The lowest BCUT2D eigenvalue weighted by atomic mass is 9.98. The van der Waals surface area contributed by atoms with Crippen molar-refractivity contribution < 1.29 is 14.3 Å². The minimum Gasteiger partial charge on any atom is -0.454 e. The molecule has 26 heavy (non-hydrogen) atoms. The zero-order chi connectivity index (χ0) is 19.3. The molecule has 0 aliphatic heterocycles. The van der Waals surface area contributed by atoms with Crippen molar-refractivity contribution in [1.82, 2.24) is 9.55 Å². The molecule has 0 atom stereocenters. The number of hydrogen-bond acceptors (Lipinski definition) is 5. The van der Waals surface area contributed by atoms with Crippen LogP contribution in [-0.2, 0) is 20.9 Å². The molecule has 1 heterocycles. The largest absolute Gasteiger partial charge is 0.454 e. The van der Waals surface area contributed by atoms with Gasteiger partial charge in [0.25, 0.3) is 11.5 Å². The molecule has 138 valence electrons. The van der Waals surface area contributed by atoms with E-state index in [4.69, 9.17) is 4.74 Å². The summed E-state index contributed by atoms with van der Waals surface area (Å²) >= 11 is 0. The first kappa shape index (κ1) is 19.2. The molecule has 2 rings (SSSR count). The van der Waals surface area contributed by atoms with Crippen LogP contribution < -0.4 is 16.6 Å². The lowest BCUT2D eigenvalue weighted by Crippen LogP contribution is -2.32. The Balaban J connectivity index is 1.96. The number of H-pyrrole nitrogens is 1. The second kappa shape index (κ2) is 8.28. The number of carbonyl (C=O) groups excluding carboxylic acids is 2. The molecular weight excluding hydrogens is 338 g/mol. The second-order valence-corrected chi connectivity index (χ2v) is 6.14. The normalized spacial score (nSPS) is 10.6. The van der Waals surface area contributed by atoms with Crippen LogP contribution in [0, 0.1) is 6.92 Å². The average Bonchev–Trinajstić information content (AvgIpc) is 2.57. The van der Waals surface area contributed by atoms with Gasteiger partial charge in [-0.05, 0) is 24.0 Å². The van der Waals surface area contributed by atoms with Gasteiger partial charge >= 0.3 is 11.7 Å². The molecule has 0 radical (unpaired) electrons. The van der Waals surface area contributed by atoms with E-state index in [1.54, 1.807) is 0 Å². The highest BCUT2D eigenvalue weighted by Crippen LogP contribution is 2.27. The van der Waals surface area contributed by atoms with Crippen molar-refractivity contribution in [3.8, 4) is 0 Å². The molecule has 1 aromatic carbocycles. The molecule has 0 saturated carbocycles. The number of ether oxygens (including phenoxy) is 1. The van der Waals surface area contributed by atoms with Crippen LogP contribution in [0.3, 0.4) is 0 Å². The summed E-state index contributed by atoms with van der Waals surface area (Å²) < 4.78 is 5.89. The van der Waals surface area contributed by atoms with Gasteiger partial charge in [0.15, 0.2) is 6.61 Å². The second-order valence-electron chi connectivity index (χ2n) is 6.14. The smallest absolute Gasteiger partial charge is 0.328 e. The van der Waals surface area contributed by atoms with E-state index in [1.165, 1.54) is 6.20 Å². The molecular formula is C18H21N3O5. The molecule has 8 heteroatoms. The summed E-state index contributed by atoms with van der Waals surface area (Å²) in [6.07, 6.45) is 1.19. The van der Waals surface area contributed by atoms with Crippen LogP contribution in [0.25, 0.3) is 0 Å². The third-order valence-corrected chi connectivity index (χ3v) is 3.75. The number of nitrogens with one attached hydrogen (secondary N) is 2. The summed E-state index contributed by atoms with van der Waals surface area (Å²) in [7, 11) is 0. The molecule has 0 aliphatic carbocycles. The predicted molar refractivity (Wildman–Crippen MR) is 96.2 cm³/mol. The van der Waals surface area contributed by atoms with Crippen molar-refractivity contribution >= 4 is 17.6 Å². The Labute approximate surface area is 149 Å². The van der Waals surface area contributed by atoms with Crippen LogP contribution in [0.1, 0.15) is 30.9 Å². The Morgan fingerprint density at radius 3 is 2.62 bits per heavy atom. The standard InChI is InChI=1S/C18H21N3O5/c1-11(2)13-6-4-5-12(3)17(13)19-15(23)10-26-16(24)9-21-8-7-14(22)20-18(21)25/h4-8,11H,9-10H2,1-3H3,(H,19,23)(H,20,22,25). The number of aromatic nitrogens is 2. The summed E-state index contributed by atoms with van der Waals surface area (Å²) in [6, 6.07) is 6.85. The maximum absolute atomic E-state index is 12.1. The van der Waals surface area contributed by atoms with Gasteiger partial charge in [-0.2, -0.15) is 0 Å². The summed E-state index contributed by atoms with van der Waals surface area (Å²) in [6.45, 7) is 5.06. The Bertz CT molecular complexity index is 927. The van der Waals surface area contributed by atoms with Crippen LogP contribution in [0.4, 0.5) is 5.69 Å². The number of hydrogen-bond donors (Lipinski definition) is 2. The van der Waals surface area contributed by atoms with Gasteiger partial charge in [0.05, 0.1) is 0 Å². The molecule has 2 N–H and O–H groups in total. The SMILES string of the molecule is Cc1cccc(C(C)C)c1NC(=O)COC(=O)Cn1ccc(=O)[nH]c1=O. The van der Waals surface area contributed by atoms with Crippen LogP contribution in [0.5, 0.6) is 0 Å². The Hall–Kier alpha value is -3.16. The average molecular weight is 359 g/mol. The van der Waals surface area contributed by atoms with E-state index >= 15 is 0 Å². The van der Waals surface area contributed by atoms with Gasteiger partial charge in [-0.15, -0.1) is 0 Å². The molecule has 0 spiro atoms. The van der Waals surface area contributed by atoms with E-state index in [9.17, 15) is 19.2 Å². The molecule has 2 aromatic rings. The predicted octanol–water partition coefficient (Wildman–Crippen LogP) is 1.15. The van der Waals surface area contributed by atoms with Gasteiger partial charge in [-0.1, -0.05) is 32.0 Å². The first-order valence-corrected chi connectivity index (χ1v) is 8.12.